The normalized spacial score (nSPS) is 17.1. The first-order chi connectivity index (χ1) is 15.1. The molecule has 1 aliphatic rings. The van der Waals surface area contributed by atoms with E-state index in [2.05, 4.69) is 0 Å². The highest BCUT2D eigenvalue weighted by molar-refractivity contribution is 6.12. The molecule has 5 heteroatoms. The van der Waals surface area contributed by atoms with Gasteiger partial charge in [0.1, 0.15) is 5.41 Å². The van der Waals surface area contributed by atoms with E-state index in [4.69, 9.17) is 0 Å². The maximum atomic E-state index is 13.9. The molecule has 0 radical (unpaired) electrons. The molecule has 3 aromatic rings. The second-order valence-electron chi connectivity index (χ2n) is 7.52. The number of anilines is 1. The number of carbonyl (C=O) groups excluding carboxylic acids is 2. The van der Waals surface area contributed by atoms with Gasteiger partial charge in [-0.05, 0) is 17.2 Å². The van der Waals surface area contributed by atoms with Gasteiger partial charge in [0.05, 0.1) is 18.7 Å². The average Bonchev–Trinajstić information content (AvgIpc) is 3.04. The summed E-state index contributed by atoms with van der Waals surface area (Å²) in [5, 5.41) is 19.6. The third-order valence-corrected chi connectivity index (χ3v) is 5.77. The van der Waals surface area contributed by atoms with E-state index in [9.17, 15) is 20.1 Å². The van der Waals surface area contributed by atoms with Crippen LogP contribution in [0.3, 0.4) is 0 Å². The van der Waals surface area contributed by atoms with Crippen molar-refractivity contribution in [3.63, 3.8) is 0 Å². The zero-order chi connectivity index (χ0) is 21.8. The molecule has 0 bridgehead atoms. The molecule has 0 aliphatic carbocycles. The van der Waals surface area contributed by atoms with Gasteiger partial charge in [0.25, 0.3) is 0 Å². The Morgan fingerprint density at radius 2 is 1.45 bits per heavy atom. The molecule has 0 saturated heterocycles. The van der Waals surface area contributed by atoms with Crippen LogP contribution in [-0.4, -0.2) is 11.7 Å². The third kappa shape index (κ3) is 3.37. The first-order valence-electron chi connectivity index (χ1n) is 9.94. The highest BCUT2D eigenvalue weighted by Gasteiger charge is 2.57. The molecule has 4 rings (SSSR count). The lowest BCUT2D eigenvalue weighted by Crippen LogP contribution is -2.46. The smallest absolute Gasteiger partial charge is 0.240 e. The fraction of sp³-hybridized carbons (Fsp3) is 0.154. The van der Waals surface area contributed by atoms with Gasteiger partial charge in [0.15, 0.2) is 11.7 Å². The van der Waals surface area contributed by atoms with E-state index in [0.717, 1.165) is 5.56 Å². The van der Waals surface area contributed by atoms with Crippen molar-refractivity contribution in [3.05, 3.63) is 102 Å². The highest BCUT2D eigenvalue weighted by atomic mass is 16.2. The summed E-state index contributed by atoms with van der Waals surface area (Å²) in [5.41, 5.74) is 0.993. The fourth-order valence-electron chi connectivity index (χ4n) is 4.26. The number of nitrogens with zero attached hydrogens (tertiary/aromatic N) is 3. The molecule has 1 aliphatic heterocycles. The van der Waals surface area contributed by atoms with Crippen LogP contribution in [0.2, 0.25) is 0 Å². The Labute approximate surface area is 180 Å². The Bertz CT molecular complexity index is 1190. The van der Waals surface area contributed by atoms with E-state index < -0.39 is 17.2 Å². The van der Waals surface area contributed by atoms with Gasteiger partial charge in [0, 0.05) is 17.7 Å². The summed E-state index contributed by atoms with van der Waals surface area (Å²) in [6.07, 6.45) is -0.246. The quantitative estimate of drug-likeness (QED) is 0.569. The molecule has 0 fully saturated rings. The minimum absolute atomic E-state index is 0.246. The van der Waals surface area contributed by atoms with Crippen molar-refractivity contribution < 1.29 is 9.59 Å². The molecule has 150 valence electrons. The SMILES string of the molecule is N#CC(C#N)C1(CC(=O)c2ccccc2)C(=O)N(Cc2ccccc2)c2ccccc21. The largest absolute Gasteiger partial charge is 0.307 e. The molecule has 3 aromatic carbocycles. The van der Waals surface area contributed by atoms with Crippen LogP contribution < -0.4 is 4.90 Å². The molecular weight excluding hydrogens is 386 g/mol. The highest BCUT2D eigenvalue weighted by Crippen LogP contribution is 2.49. The van der Waals surface area contributed by atoms with E-state index in [1.165, 1.54) is 0 Å². The van der Waals surface area contributed by atoms with Gasteiger partial charge in [-0.2, -0.15) is 10.5 Å². The number of carbonyl (C=O) groups is 2. The van der Waals surface area contributed by atoms with Crippen LogP contribution in [0.1, 0.15) is 27.9 Å². The molecule has 1 heterocycles. The molecular formula is C26H19N3O2. The van der Waals surface area contributed by atoms with E-state index in [-0.39, 0.29) is 12.2 Å². The second kappa shape index (κ2) is 8.26. The monoisotopic (exact) mass is 405 g/mol. The molecule has 0 saturated carbocycles. The summed E-state index contributed by atoms with van der Waals surface area (Å²) in [6.45, 7) is 0.293. The standard InChI is InChI=1S/C26H19N3O2/c27-16-21(17-28)26(15-24(30)20-11-5-2-6-12-20)22-13-7-8-14-23(22)29(25(26)31)18-19-9-3-1-4-10-19/h1-14,21H,15,18H2. The molecule has 1 amide bonds. The van der Waals surface area contributed by atoms with Crippen LogP contribution >= 0.6 is 0 Å². The lowest BCUT2D eigenvalue weighted by molar-refractivity contribution is -0.124. The van der Waals surface area contributed by atoms with Crippen molar-refractivity contribution in [2.75, 3.05) is 4.90 Å². The van der Waals surface area contributed by atoms with Crippen LogP contribution in [0.4, 0.5) is 5.69 Å². The zero-order valence-corrected chi connectivity index (χ0v) is 16.7. The minimum Gasteiger partial charge on any atom is -0.307 e. The lowest BCUT2D eigenvalue weighted by atomic mass is 9.68. The summed E-state index contributed by atoms with van der Waals surface area (Å²) < 4.78 is 0. The Hall–Kier alpha value is -4.22. The van der Waals surface area contributed by atoms with Crippen LogP contribution in [0.15, 0.2) is 84.9 Å². The summed E-state index contributed by atoms with van der Waals surface area (Å²) >= 11 is 0. The van der Waals surface area contributed by atoms with Crippen molar-refractivity contribution in [2.24, 2.45) is 5.92 Å². The maximum absolute atomic E-state index is 13.9. The van der Waals surface area contributed by atoms with Gasteiger partial charge in [-0.15, -0.1) is 0 Å². The summed E-state index contributed by atoms with van der Waals surface area (Å²) in [6, 6.07) is 29.3. The molecule has 1 atom stereocenters. The second-order valence-corrected chi connectivity index (χ2v) is 7.52. The Kier molecular flexibility index (Phi) is 5.35. The van der Waals surface area contributed by atoms with Gasteiger partial charge in [-0.3, -0.25) is 9.59 Å². The average molecular weight is 405 g/mol. The van der Waals surface area contributed by atoms with E-state index >= 15 is 0 Å². The molecule has 1 unspecified atom stereocenters. The molecule has 0 aromatic heterocycles. The molecule has 31 heavy (non-hydrogen) atoms. The molecule has 0 spiro atoms. The number of rotatable bonds is 6. The van der Waals surface area contributed by atoms with Crippen LogP contribution in [0.5, 0.6) is 0 Å². The Balaban J connectivity index is 1.84. The number of benzene rings is 3. The van der Waals surface area contributed by atoms with Crippen molar-refractivity contribution in [2.45, 2.75) is 18.4 Å². The zero-order valence-electron chi connectivity index (χ0n) is 16.7. The number of hydrogen-bond donors (Lipinski definition) is 0. The van der Waals surface area contributed by atoms with E-state index in [0.29, 0.717) is 23.4 Å². The number of amides is 1. The Morgan fingerprint density at radius 1 is 0.871 bits per heavy atom. The number of hydrogen-bond acceptors (Lipinski definition) is 4. The number of fused-ring (bicyclic) bond motifs is 1. The van der Waals surface area contributed by atoms with Crippen molar-refractivity contribution in [3.8, 4) is 12.1 Å². The predicted molar refractivity (Wildman–Crippen MR) is 116 cm³/mol. The Morgan fingerprint density at radius 3 is 2.10 bits per heavy atom. The van der Waals surface area contributed by atoms with Gasteiger partial charge in [-0.1, -0.05) is 78.9 Å². The lowest BCUT2D eigenvalue weighted by Gasteiger charge is -2.29. The van der Waals surface area contributed by atoms with Crippen LogP contribution in [-0.2, 0) is 16.8 Å². The number of nitriles is 2. The predicted octanol–water partition coefficient (Wildman–Crippen LogP) is 4.41. The summed E-state index contributed by atoms with van der Waals surface area (Å²) in [5.74, 6) is -1.97. The number of Topliss-reactive ketones (excluding diaryl/α,β-unsaturated/α-hetero) is 1. The fourth-order valence-corrected chi connectivity index (χ4v) is 4.26. The van der Waals surface area contributed by atoms with Crippen molar-refractivity contribution in [1.29, 1.82) is 10.5 Å². The van der Waals surface area contributed by atoms with Gasteiger partial charge < -0.3 is 4.90 Å². The van der Waals surface area contributed by atoms with E-state index in [1.54, 1.807) is 53.4 Å². The minimum atomic E-state index is -1.55. The first kappa shape index (κ1) is 20.1. The number of ketones is 1. The van der Waals surface area contributed by atoms with Gasteiger partial charge in [-0.25, -0.2) is 0 Å². The molecule has 0 N–H and O–H groups in total. The third-order valence-electron chi connectivity index (χ3n) is 5.77. The summed E-state index contributed by atoms with van der Waals surface area (Å²) in [7, 11) is 0. The topological polar surface area (TPSA) is 85.0 Å². The number of para-hydroxylation sites is 1. The van der Waals surface area contributed by atoms with Crippen LogP contribution in [0, 0.1) is 28.6 Å². The van der Waals surface area contributed by atoms with Crippen molar-refractivity contribution in [1.82, 2.24) is 0 Å². The van der Waals surface area contributed by atoms with Crippen molar-refractivity contribution >= 4 is 17.4 Å². The van der Waals surface area contributed by atoms with Gasteiger partial charge in [0.2, 0.25) is 5.91 Å². The summed E-state index contributed by atoms with van der Waals surface area (Å²) in [4.78, 5) is 28.6. The van der Waals surface area contributed by atoms with Crippen LogP contribution in [0.25, 0.3) is 0 Å². The maximum Gasteiger partial charge on any atom is 0.240 e. The van der Waals surface area contributed by atoms with Gasteiger partial charge >= 0.3 is 0 Å². The molecule has 5 nitrogen and oxygen atoms in total. The first-order valence-corrected chi connectivity index (χ1v) is 9.94. The van der Waals surface area contributed by atoms with E-state index in [1.807, 2.05) is 48.5 Å².